The topological polar surface area (TPSA) is 0 Å². The zero-order valence-corrected chi connectivity index (χ0v) is 18.4. The summed E-state index contributed by atoms with van der Waals surface area (Å²) in [7, 11) is 0. The second-order valence-electron chi connectivity index (χ2n) is 8.83. The molecule has 0 bridgehead atoms. The minimum absolute atomic E-state index is 0. The average molecular weight is 514 g/mol. The van der Waals surface area contributed by atoms with E-state index in [0.717, 1.165) is 17.8 Å². The molecule has 139 valence electrons. The molecule has 0 saturated heterocycles. The van der Waals surface area contributed by atoms with Gasteiger partial charge in [0, 0.05) is 0 Å². The molecule has 3 fully saturated rings. The smallest absolute Gasteiger partial charge is 0.176 e. The summed E-state index contributed by atoms with van der Waals surface area (Å²) in [4.78, 5) is 0. The monoisotopic (exact) mass is 515 g/mol. The Bertz CT molecular complexity index is 428. The van der Waals surface area contributed by atoms with E-state index in [0.29, 0.717) is 0 Å². The number of benzene rings is 1. The summed E-state index contributed by atoms with van der Waals surface area (Å²) >= 11 is 0. The van der Waals surface area contributed by atoms with Crippen LogP contribution in [0.3, 0.4) is 0 Å². The van der Waals surface area contributed by atoms with Crippen LogP contribution in [0.25, 0.3) is 0 Å². The van der Waals surface area contributed by atoms with Crippen molar-refractivity contribution >= 4 is 0 Å². The van der Waals surface area contributed by atoms with Gasteiger partial charge in [-0.15, -0.1) is 0 Å². The van der Waals surface area contributed by atoms with E-state index >= 15 is 0 Å². The molecule has 0 amide bonds. The largest absolute Gasteiger partial charge is 1.00 e. The van der Waals surface area contributed by atoms with E-state index in [1.54, 1.807) is 16.7 Å². The maximum absolute atomic E-state index is 3.96. The molecule has 0 aromatic heterocycles. The Morgan fingerprint density at radius 2 is 0.880 bits per heavy atom. The summed E-state index contributed by atoms with van der Waals surface area (Å²) in [6.45, 7) is 0. The Hall–Kier alpha value is -0.144. The molecule has 3 aliphatic carbocycles. The molecule has 0 heterocycles. The van der Waals surface area contributed by atoms with Crippen LogP contribution in [0.15, 0.2) is 12.1 Å². The van der Waals surface area contributed by atoms with Crippen molar-refractivity contribution in [1.29, 1.82) is 0 Å². The standard InChI is InChI=1S/C24H35.Os/c1-4-10-19(11-5-1)22-16-23(20-12-6-2-7-13-20)18-24(17-22)21-14-8-3-9-15-21;/h16-17,19-21H,1-15H2;/q-1;+1. The molecule has 3 saturated carbocycles. The molecular weight excluding hydrogens is 478 g/mol. The van der Waals surface area contributed by atoms with Gasteiger partial charge in [-0.05, 0) is 56.3 Å². The van der Waals surface area contributed by atoms with E-state index in [9.17, 15) is 0 Å². The van der Waals surface area contributed by atoms with Crippen LogP contribution in [0.2, 0.25) is 0 Å². The SMILES string of the molecule is [Os+].[c-]1c(C2CCCCC2)cc(C2CCCCC2)cc1C1CCCCC1. The maximum Gasteiger partial charge on any atom is 1.00 e. The van der Waals surface area contributed by atoms with Crippen LogP contribution in [-0.2, 0) is 19.8 Å². The van der Waals surface area contributed by atoms with Crippen molar-refractivity contribution in [2.75, 3.05) is 0 Å². The van der Waals surface area contributed by atoms with Crippen molar-refractivity contribution in [3.63, 3.8) is 0 Å². The van der Waals surface area contributed by atoms with Crippen LogP contribution >= 0.6 is 0 Å². The fourth-order valence-electron chi connectivity index (χ4n) is 5.58. The molecule has 25 heavy (non-hydrogen) atoms. The second-order valence-corrected chi connectivity index (χ2v) is 8.83. The van der Waals surface area contributed by atoms with Crippen molar-refractivity contribution in [2.45, 2.75) is 114 Å². The molecule has 0 nitrogen and oxygen atoms in total. The van der Waals surface area contributed by atoms with Crippen molar-refractivity contribution < 1.29 is 19.8 Å². The zero-order chi connectivity index (χ0) is 16.2. The first-order valence-electron chi connectivity index (χ1n) is 11.0. The van der Waals surface area contributed by atoms with Crippen LogP contribution in [0, 0.1) is 6.07 Å². The molecule has 0 unspecified atom stereocenters. The van der Waals surface area contributed by atoms with Crippen LogP contribution in [0.1, 0.15) is 131 Å². The minimum Gasteiger partial charge on any atom is -0.176 e. The van der Waals surface area contributed by atoms with Gasteiger partial charge in [-0.1, -0.05) is 57.8 Å². The van der Waals surface area contributed by atoms with Gasteiger partial charge >= 0.3 is 19.8 Å². The molecule has 3 aliphatic rings. The molecule has 4 rings (SSSR count). The summed E-state index contributed by atoms with van der Waals surface area (Å²) in [6, 6.07) is 9.15. The third-order valence-corrected chi connectivity index (χ3v) is 7.10. The molecule has 1 radical (unpaired) electrons. The normalized spacial score (nSPS) is 24.0. The van der Waals surface area contributed by atoms with Gasteiger partial charge in [-0.2, -0.15) is 34.9 Å². The second kappa shape index (κ2) is 9.69. The van der Waals surface area contributed by atoms with Gasteiger partial charge < -0.3 is 0 Å². The van der Waals surface area contributed by atoms with Crippen LogP contribution in [-0.4, -0.2) is 0 Å². The van der Waals surface area contributed by atoms with Crippen molar-refractivity contribution in [1.82, 2.24) is 0 Å². The van der Waals surface area contributed by atoms with Gasteiger partial charge in [0.15, 0.2) is 0 Å². The first kappa shape index (κ1) is 19.6. The summed E-state index contributed by atoms with van der Waals surface area (Å²) in [6.07, 6.45) is 21.5. The van der Waals surface area contributed by atoms with E-state index in [1.165, 1.54) is 96.3 Å². The zero-order valence-electron chi connectivity index (χ0n) is 15.8. The summed E-state index contributed by atoms with van der Waals surface area (Å²) in [5, 5.41) is 0. The van der Waals surface area contributed by atoms with Gasteiger partial charge in [-0.25, -0.2) is 0 Å². The van der Waals surface area contributed by atoms with E-state index in [2.05, 4.69) is 18.2 Å². The predicted molar refractivity (Wildman–Crippen MR) is 103 cm³/mol. The minimum atomic E-state index is 0. The van der Waals surface area contributed by atoms with E-state index in [-0.39, 0.29) is 19.8 Å². The van der Waals surface area contributed by atoms with Gasteiger partial charge in [0.05, 0.1) is 0 Å². The average Bonchev–Trinajstić information content (AvgIpc) is 2.70. The Labute approximate surface area is 168 Å². The molecular formula is C24H35Os. The first-order valence-corrected chi connectivity index (χ1v) is 11.0. The van der Waals surface area contributed by atoms with Crippen molar-refractivity contribution in [2.24, 2.45) is 0 Å². The van der Waals surface area contributed by atoms with Gasteiger partial charge in [0.25, 0.3) is 0 Å². The van der Waals surface area contributed by atoms with Crippen molar-refractivity contribution in [3.05, 3.63) is 34.9 Å². The van der Waals surface area contributed by atoms with Gasteiger partial charge in [-0.3, -0.25) is 0 Å². The third kappa shape index (κ3) is 4.98. The van der Waals surface area contributed by atoms with Crippen molar-refractivity contribution in [3.8, 4) is 0 Å². The third-order valence-electron chi connectivity index (χ3n) is 7.10. The molecule has 0 spiro atoms. The van der Waals surface area contributed by atoms with E-state index in [1.807, 2.05) is 0 Å². The summed E-state index contributed by atoms with van der Waals surface area (Å²) in [5.74, 6) is 2.47. The summed E-state index contributed by atoms with van der Waals surface area (Å²) < 4.78 is 0. The van der Waals surface area contributed by atoms with Crippen LogP contribution < -0.4 is 0 Å². The molecule has 0 N–H and O–H groups in total. The molecule has 1 aromatic carbocycles. The van der Waals surface area contributed by atoms with Crippen LogP contribution in [0.5, 0.6) is 0 Å². The fraction of sp³-hybridized carbons (Fsp3) is 0.750. The van der Waals surface area contributed by atoms with Gasteiger partial charge in [0.1, 0.15) is 0 Å². The van der Waals surface area contributed by atoms with E-state index < -0.39 is 0 Å². The fourth-order valence-corrected chi connectivity index (χ4v) is 5.58. The molecule has 0 atom stereocenters. The number of hydrogen-bond donors (Lipinski definition) is 0. The maximum atomic E-state index is 3.96. The summed E-state index contributed by atoms with van der Waals surface area (Å²) in [5.41, 5.74) is 4.88. The molecule has 1 aromatic rings. The first-order chi connectivity index (χ1) is 11.9. The van der Waals surface area contributed by atoms with Gasteiger partial charge in [0.2, 0.25) is 0 Å². The number of hydrogen-bond acceptors (Lipinski definition) is 0. The Kier molecular flexibility index (Phi) is 7.60. The van der Waals surface area contributed by atoms with Crippen LogP contribution in [0.4, 0.5) is 0 Å². The Morgan fingerprint density at radius 1 is 0.520 bits per heavy atom. The number of rotatable bonds is 3. The Morgan fingerprint density at radius 3 is 1.28 bits per heavy atom. The quantitative estimate of drug-likeness (QED) is 0.365. The molecule has 0 aliphatic heterocycles. The Balaban J connectivity index is 0.00000182. The van der Waals surface area contributed by atoms with E-state index in [4.69, 9.17) is 0 Å². The molecule has 1 heteroatoms. The predicted octanol–water partition coefficient (Wildman–Crippen LogP) is 7.63.